The maximum Gasteiger partial charge on any atom is 0.111 e. The Morgan fingerprint density at radius 3 is 2.05 bits per heavy atom. The van der Waals surface area contributed by atoms with Crippen LogP contribution in [-0.4, -0.2) is 5.88 Å². The van der Waals surface area contributed by atoms with Crippen molar-refractivity contribution in [2.75, 3.05) is 5.88 Å². The zero-order chi connectivity index (χ0) is 15.1. The first kappa shape index (κ1) is 19.4. The molecule has 0 rings (SSSR count). The van der Waals surface area contributed by atoms with Gasteiger partial charge in [0.15, 0.2) is 0 Å². The second kappa shape index (κ2) is 14.8. The van der Waals surface area contributed by atoms with Crippen LogP contribution in [0.25, 0.3) is 0 Å². The molecule has 0 aromatic heterocycles. The third kappa shape index (κ3) is 13.8. The third-order valence-corrected chi connectivity index (χ3v) is 3.23. The molecule has 0 aliphatic heterocycles. The number of unbranched alkanes of at least 4 members (excludes halogenated alkanes) is 6. The predicted octanol–water partition coefficient (Wildman–Crippen LogP) is 7.02. The summed E-state index contributed by atoms with van der Waals surface area (Å²) in [5, 5.41) is 0. The lowest BCUT2D eigenvalue weighted by Gasteiger charge is -1.96. The van der Waals surface area contributed by atoms with Crippen molar-refractivity contribution in [1.29, 1.82) is 0 Å². The Morgan fingerprint density at radius 2 is 1.45 bits per heavy atom. The van der Waals surface area contributed by atoms with E-state index >= 15 is 0 Å². The minimum absolute atomic E-state index is 0.00981. The molecule has 0 N–H and O–H groups in total. The highest BCUT2D eigenvalue weighted by atomic mass is 35.5. The first-order valence-electron chi connectivity index (χ1n) is 7.60. The summed E-state index contributed by atoms with van der Waals surface area (Å²) in [4.78, 5) is 0. The van der Waals surface area contributed by atoms with Crippen molar-refractivity contribution in [2.45, 2.75) is 64.7 Å². The van der Waals surface area contributed by atoms with Crippen molar-refractivity contribution in [3.05, 3.63) is 36.0 Å². The first-order valence-corrected chi connectivity index (χ1v) is 8.14. The number of hydrogen-bond donors (Lipinski definition) is 0. The number of alkyl halides is 1. The Kier molecular flexibility index (Phi) is 14.3. The fourth-order valence-electron chi connectivity index (χ4n) is 1.76. The Balaban J connectivity index is 3.51. The van der Waals surface area contributed by atoms with Gasteiger partial charge >= 0.3 is 0 Å². The number of halogens is 3. The summed E-state index contributed by atoms with van der Waals surface area (Å²) in [6, 6.07) is 0. The highest BCUT2D eigenvalue weighted by Crippen LogP contribution is 2.12. The number of rotatable bonds is 12. The van der Waals surface area contributed by atoms with Crippen LogP contribution in [0.1, 0.15) is 64.7 Å². The van der Waals surface area contributed by atoms with Gasteiger partial charge in [-0.05, 0) is 44.6 Å². The third-order valence-electron chi connectivity index (χ3n) is 2.98. The van der Waals surface area contributed by atoms with Crippen LogP contribution >= 0.6 is 11.6 Å². The van der Waals surface area contributed by atoms with E-state index in [9.17, 15) is 8.78 Å². The SMILES string of the molecule is CCCCC/C=C/CCCC/C=C(\F)C/C=C(\F)CCl. The largest absolute Gasteiger partial charge is 0.212 e. The molecule has 0 saturated carbocycles. The predicted molar refractivity (Wildman–Crippen MR) is 85.5 cm³/mol. The molecule has 0 aromatic carbocycles. The molecule has 0 radical (unpaired) electrons. The van der Waals surface area contributed by atoms with Crippen molar-refractivity contribution in [1.82, 2.24) is 0 Å². The fraction of sp³-hybridized carbons (Fsp3) is 0.647. The Labute approximate surface area is 127 Å². The van der Waals surface area contributed by atoms with Crippen molar-refractivity contribution in [3.8, 4) is 0 Å². The highest BCUT2D eigenvalue weighted by Gasteiger charge is 1.95. The summed E-state index contributed by atoms with van der Waals surface area (Å²) < 4.78 is 25.9. The average molecular weight is 305 g/mol. The molecule has 0 spiro atoms. The molecule has 0 saturated heterocycles. The Hall–Kier alpha value is -0.630. The molecular weight excluding hydrogens is 278 g/mol. The van der Waals surface area contributed by atoms with Crippen LogP contribution in [0, 0.1) is 0 Å². The van der Waals surface area contributed by atoms with Crippen LogP contribution in [0.4, 0.5) is 8.78 Å². The van der Waals surface area contributed by atoms with Crippen molar-refractivity contribution < 1.29 is 8.78 Å². The molecule has 0 unspecified atom stereocenters. The Bertz CT molecular complexity index is 306. The molecule has 0 aromatic rings. The maximum absolute atomic E-state index is 13.2. The molecule has 0 aliphatic carbocycles. The minimum Gasteiger partial charge on any atom is -0.212 e. The summed E-state index contributed by atoms with van der Waals surface area (Å²) in [6.45, 7) is 2.20. The lowest BCUT2D eigenvalue weighted by atomic mass is 10.1. The van der Waals surface area contributed by atoms with E-state index in [1.54, 1.807) is 6.08 Å². The van der Waals surface area contributed by atoms with Gasteiger partial charge in [-0.2, -0.15) is 0 Å². The van der Waals surface area contributed by atoms with E-state index in [1.807, 2.05) is 0 Å². The molecule has 0 atom stereocenters. The minimum atomic E-state index is -0.469. The van der Waals surface area contributed by atoms with Gasteiger partial charge in [0, 0.05) is 6.42 Å². The van der Waals surface area contributed by atoms with Gasteiger partial charge in [-0.1, -0.05) is 38.0 Å². The highest BCUT2D eigenvalue weighted by molar-refractivity contribution is 6.19. The smallest absolute Gasteiger partial charge is 0.111 e. The lowest BCUT2D eigenvalue weighted by Crippen LogP contribution is -1.79. The fourth-order valence-corrected chi connectivity index (χ4v) is 1.87. The molecule has 0 fully saturated rings. The molecule has 0 amide bonds. The van der Waals surface area contributed by atoms with Gasteiger partial charge in [-0.3, -0.25) is 0 Å². The summed E-state index contributed by atoms with van der Waals surface area (Å²) in [6.07, 6.45) is 16.0. The van der Waals surface area contributed by atoms with E-state index in [4.69, 9.17) is 11.6 Å². The van der Waals surface area contributed by atoms with E-state index in [0.29, 0.717) is 6.42 Å². The van der Waals surface area contributed by atoms with E-state index < -0.39 is 5.83 Å². The van der Waals surface area contributed by atoms with E-state index in [-0.39, 0.29) is 18.1 Å². The molecule has 0 heterocycles. The molecule has 0 nitrogen and oxygen atoms in total. The standard InChI is InChI=1S/C17H27ClF2/c1-2-3-4-5-6-7-8-9-10-11-12-16(19)13-14-17(20)15-18/h6-7,12,14H,2-5,8-11,13,15H2,1H3/b7-6+,16-12-,17-14-. The monoisotopic (exact) mass is 304 g/mol. The Morgan fingerprint density at radius 1 is 0.850 bits per heavy atom. The average Bonchev–Trinajstić information content (AvgIpc) is 2.46. The van der Waals surface area contributed by atoms with E-state index in [2.05, 4.69) is 19.1 Å². The zero-order valence-corrected chi connectivity index (χ0v) is 13.3. The molecule has 20 heavy (non-hydrogen) atoms. The second-order valence-electron chi connectivity index (χ2n) is 4.89. The van der Waals surface area contributed by atoms with Gasteiger partial charge in [0.25, 0.3) is 0 Å². The van der Waals surface area contributed by atoms with Crippen LogP contribution in [0.15, 0.2) is 36.0 Å². The maximum atomic E-state index is 13.2. The van der Waals surface area contributed by atoms with Crippen LogP contribution in [0.2, 0.25) is 0 Å². The van der Waals surface area contributed by atoms with Crippen LogP contribution in [0.5, 0.6) is 0 Å². The van der Waals surface area contributed by atoms with E-state index in [1.165, 1.54) is 31.8 Å². The summed E-state index contributed by atoms with van der Waals surface area (Å²) >= 11 is 5.26. The van der Waals surface area contributed by atoms with Gasteiger partial charge in [0.05, 0.1) is 11.7 Å². The van der Waals surface area contributed by atoms with Crippen LogP contribution in [0.3, 0.4) is 0 Å². The number of hydrogen-bond acceptors (Lipinski definition) is 0. The number of allylic oxidation sites excluding steroid dienone is 6. The molecular formula is C17H27ClF2. The van der Waals surface area contributed by atoms with Gasteiger partial charge in [-0.15, -0.1) is 11.6 Å². The first-order chi connectivity index (χ1) is 9.70. The van der Waals surface area contributed by atoms with E-state index in [0.717, 1.165) is 19.3 Å². The summed E-state index contributed by atoms with van der Waals surface area (Å²) in [5.74, 6) is -0.929. The van der Waals surface area contributed by atoms with Crippen molar-refractivity contribution in [3.63, 3.8) is 0 Å². The van der Waals surface area contributed by atoms with Gasteiger partial charge in [0.1, 0.15) is 5.83 Å². The molecule has 0 bridgehead atoms. The van der Waals surface area contributed by atoms with Crippen LogP contribution in [-0.2, 0) is 0 Å². The van der Waals surface area contributed by atoms with Gasteiger partial charge in [-0.25, -0.2) is 8.78 Å². The van der Waals surface area contributed by atoms with Gasteiger partial charge in [0.2, 0.25) is 0 Å². The second-order valence-corrected chi connectivity index (χ2v) is 5.16. The van der Waals surface area contributed by atoms with Gasteiger partial charge < -0.3 is 0 Å². The quantitative estimate of drug-likeness (QED) is 0.206. The van der Waals surface area contributed by atoms with Crippen molar-refractivity contribution >= 4 is 11.6 Å². The molecule has 3 heteroatoms. The topological polar surface area (TPSA) is 0 Å². The normalized spacial score (nSPS) is 13.4. The lowest BCUT2D eigenvalue weighted by molar-refractivity contribution is 0.592. The summed E-state index contributed by atoms with van der Waals surface area (Å²) in [5.41, 5.74) is 0. The molecule has 116 valence electrons. The zero-order valence-electron chi connectivity index (χ0n) is 12.5. The summed E-state index contributed by atoms with van der Waals surface area (Å²) in [7, 11) is 0. The molecule has 0 aliphatic rings. The van der Waals surface area contributed by atoms with Crippen molar-refractivity contribution in [2.24, 2.45) is 0 Å². The van der Waals surface area contributed by atoms with Crippen LogP contribution < -0.4 is 0 Å².